The molecule has 1 aromatic carbocycles. The molecular formula is C16H20N4O. The van der Waals surface area contributed by atoms with Crippen molar-refractivity contribution >= 4 is 22.5 Å². The maximum absolute atomic E-state index is 11.6. The average molecular weight is 284 g/mol. The third-order valence-corrected chi connectivity index (χ3v) is 4.00. The number of rotatable bonds is 5. The first-order valence-electron chi connectivity index (χ1n) is 7.40. The molecule has 1 amide bonds. The van der Waals surface area contributed by atoms with Crippen LogP contribution in [-0.4, -0.2) is 30.0 Å². The number of aromatic nitrogens is 1. The van der Waals surface area contributed by atoms with Crippen LogP contribution in [0.2, 0.25) is 0 Å². The number of benzene rings is 1. The summed E-state index contributed by atoms with van der Waals surface area (Å²) in [5.41, 5.74) is 7.58. The zero-order valence-corrected chi connectivity index (χ0v) is 11.9. The summed E-state index contributed by atoms with van der Waals surface area (Å²) < 4.78 is 0. The number of hydrogen-bond donors (Lipinski definition) is 3. The second kappa shape index (κ2) is 6.10. The fraction of sp³-hybridized carbons (Fsp3) is 0.375. The van der Waals surface area contributed by atoms with Crippen molar-refractivity contribution in [2.45, 2.75) is 25.3 Å². The molecule has 1 atom stereocenters. The fourth-order valence-electron chi connectivity index (χ4n) is 2.89. The van der Waals surface area contributed by atoms with Crippen LogP contribution in [0.5, 0.6) is 0 Å². The topological polar surface area (TPSA) is 80.0 Å². The van der Waals surface area contributed by atoms with E-state index in [9.17, 15) is 4.79 Å². The second-order valence-electron chi connectivity index (χ2n) is 5.44. The quantitative estimate of drug-likeness (QED) is 0.783. The lowest BCUT2D eigenvalue weighted by Crippen LogP contribution is -2.24. The van der Waals surface area contributed by atoms with E-state index >= 15 is 0 Å². The van der Waals surface area contributed by atoms with Gasteiger partial charge in [-0.25, -0.2) is 0 Å². The number of carbonyl (C=O) groups is 1. The van der Waals surface area contributed by atoms with Crippen LogP contribution in [0.25, 0.3) is 10.9 Å². The van der Waals surface area contributed by atoms with Gasteiger partial charge in [0.2, 0.25) is 0 Å². The summed E-state index contributed by atoms with van der Waals surface area (Å²) in [6.07, 6.45) is 5.06. The second-order valence-corrected chi connectivity index (χ2v) is 5.44. The van der Waals surface area contributed by atoms with Crippen LogP contribution in [0.4, 0.5) is 5.69 Å². The van der Waals surface area contributed by atoms with Crippen molar-refractivity contribution in [3.05, 3.63) is 36.0 Å². The highest BCUT2D eigenvalue weighted by atomic mass is 16.1. The van der Waals surface area contributed by atoms with Crippen LogP contribution in [0.1, 0.15) is 29.6 Å². The van der Waals surface area contributed by atoms with Crippen molar-refractivity contribution in [1.82, 2.24) is 10.3 Å². The monoisotopic (exact) mass is 284 g/mol. The largest absolute Gasteiger partial charge is 0.384 e. The summed E-state index contributed by atoms with van der Waals surface area (Å²) in [7, 11) is 0. The Kier molecular flexibility index (Phi) is 4.01. The average Bonchev–Trinajstić information content (AvgIpc) is 3.00. The van der Waals surface area contributed by atoms with Gasteiger partial charge in [0, 0.05) is 24.2 Å². The van der Waals surface area contributed by atoms with E-state index in [4.69, 9.17) is 5.73 Å². The van der Waals surface area contributed by atoms with E-state index in [1.165, 1.54) is 12.8 Å². The first-order chi connectivity index (χ1) is 10.3. The van der Waals surface area contributed by atoms with Crippen molar-refractivity contribution in [2.24, 2.45) is 5.73 Å². The van der Waals surface area contributed by atoms with Gasteiger partial charge in [-0.05, 0) is 31.9 Å². The smallest absolute Gasteiger partial charge is 0.252 e. The van der Waals surface area contributed by atoms with Crippen LogP contribution in [0.15, 0.2) is 30.5 Å². The lowest BCUT2D eigenvalue weighted by Gasteiger charge is -2.15. The molecule has 3 rings (SSSR count). The standard InChI is InChI=1S/C16H20N4O/c17-16(21)13-10-20-14-6-2-1-5-12(14)15(13)19-9-7-11-4-3-8-18-11/h1-2,5-6,10-11,18H,3-4,7-9H2,(H2,17,21)(H,19,20)/t11-/m0/s1. The number of nitrogens with one attached hydrogen (secondary N) is 2. The lowest BCUT2D eigenvalue weighted by atomic mass is 10.1. The van der Waals surface area contributed by atoms with E-state index in [2.05, 4.69) is 15.6 Å². The molecule has 5 heteroatoms. The van der Waals surface area contributed by atoms with Crippen molar-refractivity contribution in [3.63, 3.8) is 0 Å². The highest BCUT2D eigenvalue weighted by molar-refractivity contribution is 6.06. The summed E-state index contributed by atoms with van der Waals surface area (Å²) in [5.74, 6) is -0.449. The number of primary amides is 1. The van der Waals surface area contributed by atoms with E-state index in [-0.39, 0.29) is 0 Å². The molecule has 0 aliphatic carbocycles. The number of nitrogens with two attached hydrogens (primary N) is 1. The summed E-state index contributed by atoms with van der Waals surface area (Å²) in [6.45, 7) is 1.92. The van der Waals surface area contributed by atoms with Crippen LogP contribution in [0, 0.1) is 0 Å². The number of para-hydroxylation sites is 1. The van der Waals surface area contributed by atoms with Crippen molar-refractivity contribution in [1.29, 1.82) is 0 Å². The first-order valence-corrected chi connectivity index (χ1v) is 7.40. The number of pyridine rings is 1. The van der Waals surface area contributed by atoms with Gasteiger partial charge >= 0.3 is 0 Å². The number of hydrogen-bond acceptors (Lipinski definition) is 4. The molecule has 1 fully saturated rings. The van der Waals surface area contributed by atoms with E-state index in [0.717, 1.165) is 36.1 Å². The zero-order valence-electron chi connectivity index (χ0n) is 11.9. The Hall–Kier alpha value is -2.14. The van der Waals surface area contributed by atoms with E-state index in [0.29, 0.717) is 11.6 Å². The molecular weight excluding hydrogens is 264 g/mol. The molecule has 0 spiro atoms. The molecule has 1 aliphatic rings. The molecule has 0 unspecified atom stereocenters. The van der Waals surface area contributed by atoms with Gasteiger partial charge in [-0.1, -0.05) is 18.2 Å². The predicted molar refractivity (Wildman–Crippen MR) is 84.4 cm³/mol. The third-order valence-electron chi connectivity index (χ3n) is 4.00. The molecule has 1 aromatic heterocycles. The molecule has 4 N–H and O–H groups in total. The minimum Gasteiger partial charge on any atom is -0.384 e. The van der Waals surface area contributed by atoms with Crippen molar-refractivity contribution < 1.29 is 4.79 Å². The van der Waals surface area contributed by atoms with Gasteiger partial charge in [0.05, 0.1) is 16.8 Å². The summed E-state index contributed by atoms with van der Waals surface area (Å²) >= 11 is 0. The molecule has 1 aliphatic heterocycles. The Labute approximate surface area is 123 Å². The number of fused-ring (bicyclic) bond motifs is 1. The predicted octanol–water partition coefficient (Wildman–Crippen LogP) is 1.89. The highest BCUT2D eigenvalue weighted by Crippen LogP contribution is 2.25. The van der Waals surface area contributed by atoms with Gasteiger partial charge in [-0.3, -0.25) is 9.78 Å². The Morgan fingerprint density at radius 2 is 2.29 bits per heavy atom. The highest BCUT2D eigenvalue weighted by Gasteiger charge is 2.15. The van der Waals surface area contributed by atoms with Crippen molar-refractivity contribution in [3.8, 4) is 0 Å². The summed E-state index contributed by atoms with van der Waals surface area (Å²) in [5, 5.41) is 7.80. The van der Waals surface area contributed by atoms with Crippen molar-refractivity contribution in [2.75, 3.05) is 18.4 Å². The minimum absolute atomic E-state index is 0.449. The van der Waals surface area contributed by atoms with Gasteiger partial charge in [0.25, 0.3) is 5.91 Å². The molecule has 0 radical (unpaired) electrons. The molecule has 2 heterocycles. The molecule has 0 bridgehead atoms. The molecule has 2 aromatic rings. The molecule has 21 heavy (non-hydrogen) atoms. The first kappa shape index (κ1) is 13.8. The van der Waals surface area contributed by atoms with Gasteiger partial charge in [0.1, 0.15) is 0 Å². The Bertz CT molecular complexity index is 650. The van der Waals surface area contributed by atoms with Crippen LogP contribution in [0.3, 0.4) is 0 Å². The fourth-order valence-corrected chi connectivity index (χ4v) is 2.89. The zero-order chi connectivity index (χ0) is 14.7. The minimum atomic E-state index is -0.449. The van der Waals surface area contributed by atoms with Gasteiger partial charge in [-0.2, -0.15) is 0 Å². The molecule has 5 nitrogen and oxygen atoms in total. The Morgan fingerprint density at radius 3 is 3.05 bits per heavy atom. The number of nitrogens with zero attached hydrogens (tertiary/aromatic N) is 1. The third kappa shape index (κ3) is 2.97. The van der Waals surface area contributed by atoms with E-state index in [1.54, 1.807) is 6.20 Å². The summed E-state index contributed by atoms with van der Waals surface area (Å²) in [6, 6.07) is 8.35. The summed E-state index contributed by atoms with van der Waals surface area (Å²) in [4.78, 5) is 15.9. The van der Waals surface area contributed by atoms with Gasteiger partial charge in [0.15, 0.2) is 0 Å². The van der Waals surface area contributed by atoms with Gasteiger partial charge < -0.3 is 16.4 Å². The molecule has 0 saturated carbocycles. The maximum atomic E-state index is 11.6. The number of anilines is 1. The number of carbonyl (C=O) groups excluding carboxylic acids is 1. The van der Waals surface area contributed by atoms with E-state index in [1.807, 2.05) is 24.3 Å². The lowest BCUT2D eigenvalue weighted by molar-refractivity contribution is 0.100. The van der Waals surface area contributed by atoms with Crippen LogP contribution in [-0.2, 0) is 0 Å². The molecule has 110 valence electrons. The number of amides is 1. The maximum Gasteiger partial charge on any atom is 0.252 e. The van der Waals surface area contributed by atoms with Crippen LogP contribution < -0.4 is 16.4 Å². The Balaban J connectivity index is 1.83. The van der Waals surface area contributed by atoms with E-state index < -0.39 is 5.91 Å². The SMILES string of the molecule is NC(=O)c1cnc2ccccc2c1NCC[C@@H]1CCCN1. The normalized spacial score (nSPS) is 18.0. The molecule has 1 saturated heterocycles. The van der Waals surface area contributed by atoms with Crippen LogP contribution >= 0.6 is 0 Å². The Morgan fingerprint density at radius 1 is 1.43 bits per heavy atom. The van der Waals surface area contributed by atoms with Gasteiger partial charge in [-0.15, -0.1) is 0 Å².